The number of ether oxygens (including phenoxy) is 7. The first-order chi connectivity index (χ1) is 30.5. The van der Waals surface area contributed by atoms with E-state index in [1.165, 1.54) is 19.2 Å². The van der Waals surface area contributed by atoms with Gasteiger partial charge in [-0.1, -0.05) is 39.0 Å². The molecule has 5 fully saturated rings. The number of amides is 1. The molecule has 6 aliphatic rings. The fraction of sp³-hybridized carbons (Fsp3) is 0.646. The van der Waals surface area contributed by atoms with Gasteiger partial charge in [-0.25, -0.2) is 18.8 Å². The van der Waals surface area contributed by atoms with Crippen LogP contribution in [0.2, 0.25) is 0 Å². The predicted octanol–water partition coefficient (Wildman–Crippen LogP) is 5.10. The summed E-state index contributed by atoms with van der Waals surface area (Å²) in [5.74, 6) is -4.52. The van der Waals surface area contributed by atoms with Gasteiger partial charge in [-0.3, -0.25) is 14.7 Å². The molecule has 2 saturated carbocycles. The molecule has 65 heavy (non-hydrogen) atoms. The van der Waals surface area contributed by atoms with E-state index in [0.717, 1.165) is 19.0 Å². The largest absolute Gasteiger partial charge is 0.456 e. The molecule has 3 N–H and O–H groups in total. The molecule has 2 bridgehead atoms. The lowest BCUT2D eigenvalue weighted by atomic mass is 9.45. The average molecular weight is 908 g/mol. The zero-order valence-electron chi connectivity index (χ0n) is 38.5. The first kappa shape index (κ1) is 47.0. The number of nitrogens with one attached hydrogen (secondary N) is 1. The van der Waals surface area contributed by atoms with Crippen LogP contribution in [0, 0.1) is 22.6 Å². The van der Waals surface area contributed by atoms with Crippen LogP contribution in [0.5, 0.6) is 0 Å². The number of hydrogen-bond acceptors (Lipinski definition) is 15. The molecule has 13 atom stereocenters. The number of esters is 3. The molecule has 0 unspecified atom stereocenters. The maximum absolute atomic E-state index is 15.4. The Morgan fingerprint density at radius 1 is 1.05 bits per heavy atom. The molecule has 3 saturated heterocycles. The molecule has 3 aliphatic heterocycles. The number of aliphatic hydroxyl groups is 2. The van der Waals surface area contributed by atoms with E-state index in [4.69, 9.17) is 33.2 Å². The van der Waals surface area contributed by atoms with Crippen molar-refractivity contribution in [1.82, 2.24) is 15.2 Å². The third-order valence-electron chi connectivity index (χ3n) is 15.0. The van der Waals surface area contributed by atoms with Crippen LogP contribution in [0.15, 0.2) is 59.8 Å². The van der Waals surface area contributed by atoms with Crippen molar-refractivity contribution in [3.8, 4) is 0 Å². The minimum absolute atomic E-state index is 0.0528. The third-order valence-corrected chi connectivity index (χ3v) is 15.0. The summed E-state index contributed by atoms with van der Waals surface area (Å²) in [6, 6.07) is 9.23. The lowest BCUT2D eigenvalue weighted by molar-refractivity contribution is -0.345. The first-order valence-corrected chi connectivity index (χ1v) is 22.5. The fourth-order valence-electron chi connectivity index (χ4n) is 11.5. The molecular weight excluding hydrogens is 846 g/mol. The average Bonchev–Trinajstić information content (AvgIpc) is 3.65. The van der Waals surface area contributed by atoms with Crippen LogP contribution in [-0.2, 0) is 42.7 Å². The van der Waals surface area contributed by atoms with E-state index in [9.17, 15) is 29.4 Å². The summed E-state index contributed by atoms with van der Waals surface area (Å²) >= 11 is 0. The van der Waals surface area contributed by atoms with E-state index in [2.05, 4.69) is 22.1 Å². The van der Waals surface area contributed by atoms with Gasteiger partial charge in [-0.2, -0.15) is 0 Å². The summed E-state index contributed by atoms with van der Waals surface area (Å²) in [5.41, 5.74) is -6.06. The summed E-state index contributed by atoms with van der Waals surface area (Å²) in [7, 11) is 0. The minimum atomic E-state index is -2.24. The number of halogens is 1. The lowest BCUT2D eigenvalue weighted by Crippen LogP contribution is -2.79. The number of nitrogens with zero attached hydrogens (tertiary/aromatic N) is 2. The van der Waals surface area contributed by atoms with Crippen molar-refractivity contribution < 1.29 is 66.9 Å². The summed E-state index contributed by atoms with van der Waals surface area (Å²) in [5, 5.41) is 28.1. The van der Waals surface area contributed by atoms with Crippen molar-refractivity contribution in [3.05, 3.63) is 76.9 Å². The number of aliphatic hydroxyl groups excluding tert-OH is 1. The zero-order valence-corrected chi connectivity index (χ0v) is 38.5. The van der Waals surface area contributed by atoms with Crippen LogP contribution in [0.4, 0.5) is 9.18 Å². The second kappa shape index (κ2) is 17.0. The van der Waals surface area contributed by atoms with Crippen molar-refractivity contribution >= 4 is 24.0 Å². The number of pyridine rings is 1. The summed E-state index contributed by atoms with van der Waals surface area (Å²) in [6.07, 6.45) is -6.30. The molecule has 2 aromatic rings. The number of benzene rings is 1. The Labute approximate surface area is 378 Å². The monoisotopic (exact) mass is 907 g/mol. The Hall–Kier alpha value is -4.52. The van der Waals surface area contributed by atoms with Gasteiger partial charge >= 0.3 is 24.0 Å². The number of alkyl carbamates (subject to hydrolysis) is 1. The van der Waals surface area contributed by atoms with Crippen LogP contribution in [0.3, 0.4) is 0 Å². The van der Waals surface area contributed by atoms with Crippen LogP contribution < -0.4 is 5.32 Å². The molecule has 1 aromatic heterocycles. The van der Waals surface area contributed by atoms with Crippen LogP contribution in [-0.4, -0.2) is 130 Å². The van der Waals surface area contributed by atoms with Crippen LogP contribution in [0.25, 0.3) is 0 Å². The number of fused-ring (bicyclic) bond motifs is 8. The van der Waals surface area contributed by atoms with E-state index in [0.29, 0.717) is 36.6 Å². The summed E-state index contributed by atoms with van der Waals surface area (Å²) in [6.45, 7) is 16.9. The number of likely N-dealkylation sites (tertiary alicyclic amines) is 1. The molecule has 0 radical (unpaired) electrons. The first-order valence-electron chi connectivity index (χ1n) is 22.5. The van der Waals surface area contributed by atoms with Gasteiger partial charge < -0.3 is 48.7 Å². The standard InChI is InChI=1S/C48H62FN3O13/c1-25-18-21-52(25)23-32-61-37-33-26(2)30(60-42(56)36(54)35(34-29(49)16-13-20-50-34)51-43(57)65-44(4,5)6)22-48(58,45(33,7)8)40(63-41(55)28-14-11-10-12-15-28)38-46(9,39(37)62-32)19-17-31-47(38,24-59-31)64-27(3)53/h10-16,20,25,30-32,35-40,54,58H,17-19,21-24H2,1-9H3,(H,51,57)/t25-,30+,31-,32-,35+,36-,37-,38+,39-,40+,46-,47+,48-/m1/s1. The Morgan fingerprint density at radius 3 is 2.37 bits per heavy atom. The van der Waals surface area contributed by atoms with Crippen molar-refractivity contribution in [3.63, 3.8) is 0 Å². The molecular formula is C48H62FN3O13. The maximum Gasteiger partial charge on any atom is 0.408 e. The Morgan fingerprint density at radius 2 is 1.77 bits per heavy atom. The molecule has 17 heteroatoms. The molecule has 0 spiro atoms. The van der Waals surface area contributed by atoms with Gasteiger partial charge in [-0.15, -0.1) is 0 Å². The van der Waals surface area contributed by atoms with Crippen molar-refractivity contribution in [2.24, 2.45) is 16.7 Å². The van der Waals surface area contributed by atoms with E-state index in [1.54, 1.807) is 58.0 Å². The van der Waals surface area contributed by atoms with E-state index in [-0.39, 0.29) is 18.6 Å². The number of rotatable bonds is 10. The summed E-state index contributed by atoms with van der Waals surface area (Å²) < 4.78 is 60.2. The normalized spacial score (nSPS) is 35.8. The van der Waals surface area contributed by atoms with Crippen molar-refractivity contribution in [1.29, 1.82) is 0 Å². The smallest absolute Gasteiger partial charge is 0.408 e. The number of carbonyl (C=O) groups is 4. The quantitative estimate of drug-likeness (QED) is 0.162. The highest BCUT2D eigenvalue weighted by molar-refractivity contribution is 5.89. The Balaban J connectivity index is 1.27. The molecule has 354 valence electrons. The van der Waals surface area contributed by atoms with Crippen LogP contribution >= 0.6 is 0 Å². The third kappa shape index (κ3) is 8.13. The van der Waals surface area contributed by atoms with Crippen molar-refractivity contribution in [2.45, 2.75) is 160 Å². The maximum atomic E-state index is 15.4. The molecule has 16 nitrogen and oxygen atoms in total. The highest BCUT2D eigenvalue weighted by Gasteiger charge is 2.77. The van der Waals surface area contributed by atoms with Gasteiger partial charge in [-0.05, 0) is 89.3 Å². The van der Waals surface area contributed by atoms with Gasteiger partial charge in [0.05, 0.1) is 24.2 Å². The van der Waals surface area contributed by atoms with Gasteiger partial charge in [0, 0.05) is 49.5 Å². The number of carbonyl (C=O) groups excluding carboxylic acids is 4. The summed E-state index contributed by atoms with van der Waals surface area (Å²) in [4.78, 5) is 61.5. The van der Waals surface area contributed by atoms with Gasteiger partial charge in [0.25, 0.3) is 0 Å². The highest BCUT2D eigenvalue weighted by Crippen LogP contribution is 2.66. The predicted molar refractivity (Wildman–Crippen MR) is 228 cm³/mol. The van der Waals surface area contributed by atoms with Gasteiger partial charge in [0.15, 0.2) is 18.0 Å². The van der Waals surface area contributed by atoms with E-state index in [1.807, 2.05) is 20.8 Å². The molecule has 1 amide bonds. The zero-order chi connectivity index (χ0) is 47.0. The number of aromatic nitrogens is 1. The van der Waals surface area contributed by atoms with E-state index < -0.39 is 118 Å². The fourth-order valence-corrected chi connectivity index (χ4v) is 11.5. The van der Waals surface area contributed by atoms with Crippen LogP contribution in [0.1, 0.15) is 110 Å². The second-order valence-electron chi connectivity index (χ2n) is 20.5. The highest BCUT2D eigenvalue weighted by atomic mass is 19.1. The second-order valence-corrected chi connectivity index (χ2v) is 20.5. The molecule has 3 aliphatic carbocycles. The van der Waals surface area contributed by atoms with E-state index >= 15 is 4.39 Å². The molecule has 4 heterocycles. The Bertz CT molecular complexity index is 2220. The SMILES string of the molecule is CC(=O)O[C@@]12CO[C@@H]1CC[C@@]1(C)[C@@H]3O[C@H](CN4CC[C@H]4C)O[C@@H]3C3=C(C)[C@@H](OC(=O)[C@H](O)[C@@H](NC(=O)OC(C)(C)C)c4ncccc4F)C[C@@](O)([C@@H](OC(=O)c4ccccc4)[C@@H]12)C3(C)C. The number of hydrogen-bond donors (Lipinski definition) is 3. The Kier molecular flexibility index (Phi) is 12.3. The molecule has 8 rings (SSSR count). The van der Waals surface area contributed by atoms with Crippen molar-refractivity contribution in [2.75, 3.05) is 19.7 Å². The molecule has 1 aromatic carbocycles. The van der Waals surface area contributed by atoms with Gasteiger partial charge in [0.1, 0.15) is 53.2 Å². The minimum Gasteiger partial charge on any atom is -0.456 e. The van der Waals surface area contributed by atoms with Gasteiger partial charge in [0.2, 0.25) is 0 Å². The topological polar surface area (TPSA) is 202 Å². The lowest BCUT2D eigenvalue weighted by Gasteiger charge is -2.68.